The second kappa shape index (κ2) is 7.60. The summed E-state index contributed by atoms with van der Waals surface area (Å²) in [6.45, 7) is 6.28. The van der Waals surface area contributed by atoms with Crippen LogP contribution in [-0.2, 0) is 26.7 Å². The van der Waals surface area contributed by atoms with Crippen LogP contribution in [0.2, 0.25) is 0 Å². The number of halogens is 1. The molecule has 136 valence electrons. The van der Waals surface area contributed by atoms with Crippen LogP contribution in [0.3, 0.4) is 0 Å². The lowest BCUT2D eigenvalue weighted by Crippen LogP contribution is -2.31. The Kier molecular flexibility index (Phi) is 5.89. The van der Waals surface area contributed by atoms with Crippen molar-refractivity contribution in [3.8, 4) is 6.07 Å². The molecule has 0 aromatic heterocycles. The van der Waals surface area contributed by atoms with Crippen molar-refractivity contribution in [2.45, 2.75) is 37.5 Å². The number of carbonyl (C=O) groups is 1. The molecule has 0 aliphatic carbocycles. The third kappa shape index (κ3) is 5.16. The first-order valence-electron chi connectivity index (χ1n) is 7.87. The van der Waals surface area contributed by atoms with E-state index in [1.165, 1.54) is 18.2 Å². The number of carbonyl (C=O) groups excluding carboxylic acids is 1. The Bertz CT molecular complexity index is 969. The largest absolute Gasteiger partial charge is 0.274 e. The minimum absolute atomic E-state index is 0.00325. The molecule has 7 heteroatoms. The molecular weight excluding hydrogens is 416 g/mol. The van der Waals surface area contributed by atoms with Gasteiger partial charge in [-0.05, 0) is 34.7 Å². The molecule has 26 heavy (non-hydrogen) atoms. The van der Waals surface area contributed by atoms with Gasteiger partial charge >= 0.3 is 0 Å². The Hall–Kier alpha value is -2.17. The minimum atomic E-state index is -4.05. The maximum atomic E-state index is 12.4. The van der Waals surface area contributed by atoms with Crippen LogP contribution in [0.5, 0.6) is 0 Å². The summed E-state index contributed by atoms with van der Waals surface area (Å²) >= 11 is 3.16. The summed E-state index contributed by atoms with van der Waals surface area (Å²) in [6.07, 6.45) is -0.0528. The first-order valence-corrected chi connectivity index (χ1v) is 10.1. The van der Waals surface area contributed by atoms with Crippen molar-refractivity contribution >= 4 is 31.9 Å². The predicted molar refractivity (Wildman–Crippen MR) is 103 cm³/mol. The van der Waals surface area contributed by atoms with Gasteiger partial charge in [0, 0.05) is 4.47 Å². The van der Waals surface area contributed by atoms with Gasteiger partial charge in [0.05, 0.1) is 22.9 Å². The molecule has 1 amide bonds. The molecule has 0 aliphatic rings. The molecule has 0 radical (unpaired) electrons. The average Bonchev–Trinajstić information content (AvgIpc) is 2.53. The summed E-state index contributed by atoms with van der Waals surface area (Å²) in [5.74, 6) is -0.632. The first kappa shape index (κ1) is 20.1. The van der Waals surface area contributed by atoms with E-state index in [1.54, 1.807) is 0 Å². The minimum Gasteiger partial charge on any atom is -0.274 e. The summed E-state index contributed by atoms with van der Waals surface area (Å²) in [6, 6.07) is 13.5. The van der Waals surface area contributed by atoms with Crippen LogP contribution in [0.15, 0.2) is 51.8 Å². The number of nitrogens with zero attached hydrogens (tertiary/aromatic N) is 1. The van der Waals surface area contributed by atoms with Crippen molar-refractivity contribution in [2.24, 2.45) is 0 Å². The maximum absolute atomic E-state index is 12.4. The Labute approximate surface area is 162 Å². The highest BCUT2D eigenvalue weighted by atomic mass is 79.9. The Morgan fingerprint density at radius 2 is 1.77 bits per heavy atom. The lowest BCUT2D eigenvalue weighted by Gasteiger charge is -2.19. The predicted octanol–water partition coefficient (Wildman–Crippen LogP) is 3.67. The number of rotatable bonds is 4. The van der Waals surface area contributed by atoms with E-state index in [9.17, 15) is 13.2 Å². The van der Waals surface area contributed by atoms with Crippen LogP contribution >= 0.6 is 15.9 Å². The van der Waals surface area contributed by atoms with Crippen molar-refractivity contribution in [3.63, 3.8) is 0 Å². The maximum Gasteiger partial charge on any atom is 0.264 e. The van der Waals surface area contributed by atoms with Gasteiger partial charge in [-0.15, -0.1) is 0 Å². The van der Waals surface area contributed by atoms with Gasteiger partial charge in [0.15, 0.2) is 0 Å². The normalized spacial score (nSPS) is 11.7. The highest BCUT2D eigenvalue weighted by Gasteiger charge is 2.19. The van der Waals surface area contributed by atoms with Crippen LogP contribution in [-0.4, -0.2) is 14.3 Å². The van der Waals surface area contributed by atoms with Gasteiger partial charge in [0.25, 0.3) is 10.0 Å². The SMILES string of the molecule is CC(C)(C)c1ccc(CC(=O)NS(=O)(=O)c2cc(Br)cc(C#N)c2)cc1. The van der Waals surface area contributed by atoms with Gasteiger partial charge in [0.2, 0.25) is 5.91 Å². The Morgan fingerprint density at radius 3 is 2.31 bits per heavy atom. The van der Waals surface area contributed by atoms with Crippen molar-refractivity contribution in [3.05, 3.63) is 63.6 Å². The molecule has 0 unspecified atom stereocenters. The summed E-state index contributed by atoms with van der Waals surface area (Å²) in [4.78, 5) is 12.0. The average molecular weight is 435 g/mol. The van der Waals surface area contributed by atoms with Gasteiger partial charge < -0.3 is 0 Å². The number of nitrogens with one attached hydrogen (secondary N) is 1. The second-order valence-electron chi connectivity index (χ2n) is 6.94. The quantitative estimate of drug-likeness (QED) is 0.794. The standard InChI is InChI=1S/C19H19BrN2O3S/c1-19(2,3)15-6-4-13(5-7-15)10-18(23)22-26(24,25)17-9-14(12-21)8-16(20)11-17/h4-9,11H,10H2,1-3H3,(H,22,23). The highest BCUT2D eigenvalue weighted by molar-refractivity contribution is 9.10. The molecule has 0 aliphatic heterocycles. The van der Waals surface area contributed by atoms with E-state index in [0.29, 0.717) is 4.47 Å². The van der Waals surface area contributed by atoms with Crippen LogP contribution in [0.4, 0.5) is 0 Å². The monoisotopic (exact) mass is 434 g/mol. The summed E-state index contributed by atoms with van der Waals surface area (Å²) < 4.78 is 27.2. The number of amides is 1. The molecule has 0 saturated heterocycles. The van der Waals surface area contributed by atoms with E-state index in [1.807, 2.05) is 35.1 Å². The third-order valence-corrected chi connectivity index (χ3v) is 5.55. The van der Waals surface area contributed by atoms with Crippen LogP contribution in [0.25, 0.3) is 0 Å². The first-order chi connectivity index (χ1) is 12.0. The molecular formula is C19H19BrN2O3S. The topological polar surface area (TPSA) is 87.0 Å². The van der Waals surface area contributed by atoms with Gasteiger partial charge in [0.1, 0.15) is 0 Å². The smallest absolute Gasteiger partial charge is 0.264 e. The second-order valence-corrected chi connectivity index (χ2v) is 9.54. The molecule has 5 nitrogen and oxygen atoms in total. The van der Waals surface area contributed by atoms with Gasteiger partial charge in [-0.3, -0.25) is 4.79 Å². The van der Waals surface area contributed by atoms with Crippen LogP contribution in [0.1, 0.15) is 37.5 Å². The van der Waals surface area contributed by atoms with E-state index in [4.69, 9.17) is 5.26 Å². The zero-order chi connectivity index (χ0) is 19.5. The van der Waals surface area contributed by atoms with Crippen LogP contribution in [0, 0.1) is 11.3 Å². The summed E-state index contributed by atoms with van der Waals surface area (Å²) in [5.41, 5.74) is 2.04. The van der Waals surface area contributed by atoms with Crippen molar-refractivity contribution < 1.29 is 13.2 Å². The molecule has 0 spiro atoms. The number of hydrogen-bond acceptors (Lipinski definition) is 4. The molecule has 2 aromatic rings. The zero-order valence-corrected chi connectivity index (χ0v) is 17.1. The molecule has 0 atom stereocenters. The Balaban J connectivity index is 2.14. The fourth-order valence-corrected chi connectivity index (χ4v) is 4.03. The van der Waals surface area contributed by atoms with Crippen molar-refractivity contribution in [1.29, 1.82) is 5.26 Å². The lowest BCUT2D eigenvalue weighted by molar-refractivity contribution is -0.118. The van der Waals surface area contributed by atoms with Crippen LogP contribution < -0.4 is 4.72 Å². The zero-order valence-electron chi connectivity index (χ0n) is 14.7. The van der Waals surface area contributed by atoms with Gasteiger partial charge in [-0.1, -0.05) is 61.0 Å². The van der Waals surface area contributed by atoms with E-state index in [2.05, 4.69) is 36.7 Å². The van der Waals surface area contributed by atoms with E-state index in [-0.39, 0.29) is 22.3 Å². The van der Waals surface area contributed by atoms with Crippen molar-refractivity contribution in [2.75, 3.05) is 0 Å². The molecule has 0 saturated carbocycles. The molecule has 2 aromatic carbocycles. The van der Waals surface area contributed by atoms with Gasteiger partial charge in [-0.2, -0.15) is 5.26 Å². The number of sulfonamides is 1. The molecule has 0 bridgehead atoms. The number of benzene rings is 2. The number of nitriles is 1. The number of hydrogen-bond donors (Lipinski definition) is 1. The molecule has 2 rings (SSSR count). The molecule has 0 fully saturated rings. The fraction of sp³-hybridized carbons (Fsp3) is 0.263. The van der Waals surface area contributed by atoms with E-state index in [0.717, 1.165) is 11.1 Å². The van der Waals surface area contributed by atoms with Gasteiger partial charge in [-0.25, -0.2) is 13.1 Å². The third-order valence-electron chi connectivity index (χ3n) is 3.74. The summed E-state index contributed by atoms with van der Waals surface area (Å²) in [5, 5.41) is 8.96. The Morgan fingerprint density at radius 1 is 1.15 bits per heavy atom. The van der Waals surface area contributed by atoms with E-state index < -0.39 is 15.9 Å². The molecule has 0 heterocycles. The van der Waals surface area contributed by atoms with E-state index >= 15 is 0 Å². The van der Waals surface area contributed by atoms with Crippen molar-refractivity contribution in [1.82, 2.24) is 4.72 Å². The molecule has 1 N–H and O–H groups in total. The lowest BCUT2D eigenvalue weighted by atomic mass is 9.86. The fourth-order valence-electron chi connectivity index (χ4n) is 2.34. The summed E-state index contributed by atoms with van der Waals surface area (Å²) in [7, 11) is -4.05. The highest BCUT2D eigenvalue weighted by Crippen LogP contribution is 2.22.